The number of nitrogens with one attached hydrogen (secondary N) is 2. The Kier molecular flexibility index (Phi) is 3.96. The number of amides is 1. The van der Waals surface area contributed by atoms with Gasteiger partial charge in [-0.25, -0.2) is 4.98 Å². The molecular formula is C15H22N6O. The molecular weight excluding hydrogens is 280 g/mol. The van der Waals surface area contributed by atoms with Gasteiger partial charge in [0.2, 0.25) is 0 Å². The SMILES string of the molecule is CC(C)C[C@H](NC(=O)c1cc(C2CC2)[nH]n1)c1ncnn1C. The van der Waals surface area contributed by atoms with E-state index < -0.39 is 0 Å². The summed E-state index contributed by atoms with van der Waals surface area (Å²) < 4.78 is 1.70. The zero-order chi connectivity index (χ0) is 15.7. The minimum absolute atomic E-state index is 0.166. The van der Waals surface area contributed by atoms with Crippen molar-refractivity contribution >= 4 is 5.91 Å². The smallest absolute Gasteiger partial charge is 0.272 e. The highest BCUT2D eigenvalue weighted by Gasteiger charge is 2.27. The number of hydrogen-bond donors (Lipinski definition) is 2. The number of rotatable bonds is 6. The van der Waals surface area contributed by atoms with Crippen LogP contribution >= 0.6 is 0 Å². The van der Waals surface area contributed by atoms with Crippen LogP contribution in [0, 0.1) is 5.92 Å². The monoisotopic (exact) mass is 302 g/mol. The molecule has 0 aromatic carbocycles. The number of nitrogens with zero attached hydrogens (tertiary/aromatic N) is 4. The van der Waals surface area contributed by atoms with E-state index in [9.17, 15) is 4.79 Å². The average molecular weight is 302 g/mol. The first-order chi connectivity index (χ1) is 10.5. The highest BCUT2D eigenvalue weighted by atomic mass is 16.2. The fraction of sp³-hybridized carbons (Fsp3) is 0.600. The van der Waals surface area contributed by atoms with E-state index in [-0.39, 0.29) is 11.9 Å². The number of carbonyl (C=O) groups is 1. The molecule has 0 spiro atoms. The van der Waals surface area contributed by atoms with E-state index in [2.05, 4.69) is 39.4 Å². The molecule has 22 heavy (non-hydrogen) atoms. The lowest BCUT2D eigenvalue weighted by atomic mass is 10.0. The van der Waals surface area contributed by atoms with Crippen LogP contribution in [0.1, 0.15) is 67.1 Å². The first kappa shape index (κ1) is 14.7. The summed E-state index contributed by atoms with van der Waals surface area (Å²) in [4.78, 5) is 16.7. The number of carbonyl (C=O) groups excluding carboxylic acids is 1. The molecule has 0 unspecified atom stereocenters. The second kappa shape index (κ2) is 5.90. The molecule has 118 valence electrons. The van der Waals surface area contributed by atoms with Gasteiger partial charge >= 0.3 is 0 Å². The van der Waals surface area contributed by atoms with Crippen LogP contribution in [0.2, 0.25) is 0 Å². The van der Waals surface area contributed by atoms with Gasteiger partial charge in [-0.15, -0.1) is 0 Å². The minimum Gasteiger partial charge on any atom is -0.341 e. The second-order valence-electron chi connectivity index (χ2n) is 6.38. The average Bonchev–Trinajstić information content (AvgIpc) is 3.03. The Bertz CT molecular complexity index is 655. The Labute approximate surface area is 129 Å². The molecule has 0 saturated heterocycles. The van der Waals surface area contributed by atoms with Crippen molar-refractivity contribution in [3.63, 3.8) is 0 Å². The highest BCUT2D eigenvalue weighted by molar-refractivity contribution is 5.92. The Morgan fingerprint density at radius 1 is 1.50 bits per heavy atom. The Morgan fingerprint density at radius 2 is 2.27 bits per heavy atom. The number of hydrogen-bond acceptors (Lipinski definition) is 4. The van der Waals surface area contributed by atoms with Crippen molar-refractivity contribution in [2.45, 2.75) is 45.1 Å². The molecule has 2 N–H and O–H groups in total. The molecule has 3 rings (SSSR count). The summed E-state index contributed by atoms with van der Waals surface area (Å²) in [6.07, 6.45) is 4.67. The van der Waals surface area contributed by atoms with Crippen LogP contribution in [-0.4, -0.2) is 30.9 Å². The van der Waals surface area contributed by atoms with Crippen molar-refractivity contribution in [3.05, 3.63) is 29.6 Å². The van der Waals surface area contributed by atoms with Crippen LogP contribution < -0.4 is 5.32 Å². The first-order valence-corrected chi connectivity index (χ1v) is 7.74. The molecule has 1 atom stereocenters. The third-order valence-corrected chi connectivity index (χ3v) is 3.92. The van der Waals surface area contributed by atoms with Gasteiger partial charge < -0.3 is 5.32 Å². The normalized spacial score (nSPS) is 16.0. The molecule has 1 aliphatic rings. The second-order valence-corrected chi connectivity index (χ2v) is 6.38. The molecule has 2 heterocycles. The van der Waals surface area contributed by atoms with Crippen LogP contribution in [0.25, 0.3) is 0 Å². The zero-order valence-electron chi connectivity index (χ0n) is 13.2. The third kappa shape index (κ3) is 3.18. The molecule has 0 bridgehead atoms. The van der Waals surface area contributed by atoms with Crippen molar-refractivity contribution in [1.82, 2.24) is 30.3 Å². The maximum absolute atomic E-state index is 12.4. The predicted molar refractivity (Wildman–Crippen MR) is 81.2 cm³/mol. The lowest BCUT2D eigenvalue weighted by Gasteiger charge is -2.19. The fourth-order valence-corrected chi connectivity index (χ4v) is 2.61. The van der Waals surface area contributed by atoms with Gasteiger partial charge in [-0.05, 0) is 31.2 Å². The van der Waals surface area contributed by atoms with Gasteiger partial charge in [0.15, 0.2) is 0 Å². The summed E-state index contributed by atoms with van der Waals surface area (Å²) in [6, 6.07) is 1.69. The van der Waals surface area contributed by atoms with Gasteiger partial charge in [-0.1, -0.05) is 13.8 Å². The molecule has 7 nitrogen and oxygen atoms in total. The number of aryl methyl sites for hydroxylation is 1. The van der Waals surface area contributed by atoms with E-state index in [1.54, 1.807) is 4.68 Å². The van der Waals surface area contributed by atoms with Crippen LogP contribution in [0.3, 0.4) is 0 Å². The summed E-state index contributed by atoms with van der Waals surface area (Å²) >= 11 is 0. The Hall–Kier alpha value is -2.18. The Balaban J connectivity index is 1.74. The van der Waals surface area contributed by atoms with E-state index in [1.165, 1.54) is 19.2 Å². The summed E-state index contributed by atoms with van der Waals surface area (Å²) in [6.45, 7) is 4.24. The molecule has 0 aliphatic heterocycles. The summed E-state index contributed by atoms with van der Waals surface area (Å²) in [7, 11) is 1.83. The van der Waals surface area contributed by atoms with Crippen molar-refractivity contribution < 1.29 is 4.79 Å². The maximum atomic E-state index is 12.4. The standard InChI is InChI=1S/C15H22N6O/c1-9(2)6-12(14-16-8-17-21(14)3)18-15(22)13-7-11(19-20-13)10-4-5-10/h7-10,12H,4-6H2,1-3H3,(H,18,22)(H,19,20)/t12-/m0/s1. The lowest BCUT2D eigenvalue weighted by molar-refractivity contribution is 0.0924. The predicted octanol–water partition coefficient (Wildman–Crippen LogP) is 1.93. The first-order valence-electron chi connectivity index (χ1n) is 7.74. The van der Waals surface area contributed by atoms with Gasteiger partial charge in [-0.3, -0.25) is 14.6 Å². The highest BCUT2D eigenvalue weighted by Crippen LogP contribution is 2.39. The van der Waals surface area contributed by atoms with E-state index in [0.717, 1.165) is 17.9 Å². The van der Waals surface area contributed by atoms with Gasteiger partial charge in [0.1, 0.15) is 17.8 Å². The van der Waals surface area contributed by atoms with Gasteiger partial charge in [-0.2, -0.15) is 10.2 Å². The van der Waals surface area contributed by atoms with Crippen LogP contribution in [0.4, 0.5) is 0 Å². The van der Waals surface area contributed by atoms with Crippen molar-refractivity contribution in [2.24, 2.45) is 13.0 Å². The molecule has 1 fully saturated rings. The summed E-state index contributed by atoms with van der Waals surface area (Å²) in [5.74, 6) is 1.58. The third-order valence-electron chi connectivity index (χ3n) is 3.92. The Morgan fingerprint density at radius 3 is 2.86 bits per heavy atom. The molecule has 1 saturated carbocycles. The van der Waals surface area contributed by atoms with Crippen molar-refractivity contribution in [1.29, 1.82) is 0 Å². The van der Waals surface area contributed by atoms with E-state index in [1.807, 2.05) is 13.1 Å². The molecule has 1 aliphatic carbocycles. The van der Waals surface area contributed by atoms with Crippen LogP contribution in [-0.2, 0) is 7.05 Å². The molecule has 1 amide bonds. The minimum atomic E-state index is -0.170. The van der Waals surface area contributed by atoms with E-state index in [0.29, 0.717) is 17.5 Å². The van der Waals surface area contributed by atoms with Gasteiger partial charge in [0.05, 0.1) is 6.04 Å². The van der Waals surface area contributed by atoms with Gasteiger partial charge in [0.25, 0.3) is 5.91 Å². The molecule has 7 heteroatoms. The number of H-pyrrole nitrogens is 1. The van der Waals surface area contributed by atoms with Crippen molar-refractivity contribution in [3.8, 4) is 0 Å². The molecule has 2 aromatic rings. The quantitative estimate of drug-likeness (QED) is 0.853. The number of aromatic amines is 1. The molecule has 0 radical (unpaired) electrons. The number of aromatic nitrogens is 5. The van der Waals surface area contributed by atoms with Crippen LogP contribution in [0.5, 0.6) is 0 Å². The largest absolute Gasteiger partial charge is 0.341 e. The maximum Gasteiger partial charge on any atom is 0.272 e. The summed E-state index contributed by atoms with van der Waals surface area (Å²) in [5.41, 5.74) is 1.50. The zero-order valence-corrected chi connectivity index (χ0v) is 13.2. The molecule has 2 aromatic heterocycles. The topological polar surface area (TPSA) is 88.5 Å². The van der Waals surface area contributed by atoms with E-state index in [4.69, 9.17) is 0 Å². The lowest BCUT2D eigenvalue weighted by Crippen LogP contribution is -2.31. The van der Waals surface area contributed by atoms with Crippen LogP contribution in [0.15, 0.2) is 12.4 Å². The summed E-state index contributed by atoms with van der Waals surface area (Å²) in [5, 5.41) is 14.2. The van der Waals surface area contributed by atoms with E-state index >= 15 is 0 Å². The fourth-order valence-electron chi connectivity index (χ4n) is 2.61. The van der Waals surface area contributed by atoms with Crippen molar-refractivity contribution in [2.75, 3.05) is 0 Å². The van der Waals surface area contributed by atoms with Gasteiger partial charge in [0, 0.05) is 18.7 Å².